The average molecular weight is 330 g/mol. The van der Waals surface area contributed by atoms with Crippen molar-refractivity contribution in [1.82, 2.24) is 9.62 Å². The molecule has 0 atom stereocenters. The molecule has 8 nitrogen and oxygen atoms in total. The van der Waals surface area contributed by atoms with Crippen molar-refractivity contribution in [3.8, 4) is 11.5 Å². The van der Waals surface area contributed by atoms with Crippen LogP contribution in [0.3, 0.4) is 0 Å². The van der Waals surface area contributed by atoms with Gasteiger partial charge in [-0.1, -0.05) is 0 Å². The van der Waals surface area contributed by atoms with Crippen LogP contribution in [0.15, 0.2) is 23.1 Å². The monoisotopic (exact) mass is 330 g/mol. The van der Waals surface area contributed by atoms with Crippen LogP contribution >= 0.6 is 0 Å². The lowest BCUT2D eigenvalue weighted by molar-refractivity contribution is 0.159. The molecule has 0 radical (unpaired) electrons. The summed E-state index contributed by atoms with van der Waals surface area (Å²) < 4.78 is 41.8. The molecule has 122 valence electrons. The van der Waals surface area contributed by atoms with Crippen LogP contribution in [0.2, 0.25) is 0 Å². The van der Waals surface area contributed by atoms with Gasteiger partial charge in [0.2, 0.25) is 10.0 Å². The zero-order valence-electron chi connectivity index (χ0n) is 12.4. The van der Waals surface area contributed by atoms with Gasteiger partial charge in [0.05, 0.1) is 25.7 Å². The summed E-state index contributed by atoms with van der Waals surface area (Å²) in [5, 5.41) is 0. The Labute approximate surface area is 129 Å². The molecule has 1 N–H and O–H groups in total. The van der Waals surface area contributed by atoms with E-state index in [1.54, 1.807) is 0 Å². The number of rotatable bonds is 7. The van der Waals surface area contributed by atoms with Crippen molar-refractivity contribution in [3.05, 3.63) is 18.2 Å². The Bertz CT molecular complexity index is 646. The summed E-state index contributed by atoms with van der Waals surface area (Å²) in [4.78, 5) is 12.8. The minimum atomic E-state index is -3.69. The van der Waals surface area contributed by atoms with Gasteiger partial charge >= 0.3 is 6.09 Å². The molecule has 22 heavy (non-hydrogen) atoms. The highest BCUT2D eigenvalue weighted by molar-refractivity contribution is 7.89. The quantitative estimate of drug-likeness (QED) is 0.779. The number of methoxy groups -OCH3 is 2. The van der Waals surface area contributed by atoms with Crippen molar-refractivity contribution in [1.29, 1.82) is 0 Å². The van der Waals surface area contributed by atoms with Crippen molar-refractivity contribution >= 4 is 16.1 Å². The third-order valence-corrected chi connectivity index (χ3v) is 4.64. The predicted octanol–water partition coefficient (Wildman–Crippen LogP) is 0.434. The van der Waals surface area contributed by atoms with E-state index in [9.17, 15) is 13.2 Å². The molecule has 1 saturated heterocycles. The zero-order chi connectivity index (χ0) is 16.2. The molecular formula is C13H18N2O6S. The van der Waals surface area contributed by atoms with Gasteiger partial charge in [-0.25, -0.2) is 17.9 Å². The Morgan fingerprint density at radius 2 is 2.00 bits per heavy atom. The summed E-state index contributed by atoms with van der Waals surface area (Å²) in [6, 6.07) is 4.32. The molecule has 1 amide bonds. The van der Waals surface area contributed by atoms with E-state index in [4.69, 9.17) is 14.2 Å². The highest BCUT2D eigenvalue weighted by Crippen LogP contribution is 2.29. The lowest BCUT2D eigenvalue weighted by Crippen LogP contribution is -2.35. The third-order valence-electron chi connectivity index (χ3n) is 3.18. The molecule has 1 aliphatic heterocycles. The SMILES string of the molecule is COc1ccc(S(=O)(=O)NCCN2CCOC2=O)cc1OC. The van der Waals surface area contributed by atoms with Crippen LogP contribution in [0.25, 0.3) is 0 Å². The molecule has 1 fully saturated rings. The molecule has 1 aromatic rings. The molecule has 0 bridgehead atoms. The lowest BCUT2D eigenvalue weighted by Gasteiger charge is -2.14. The Morgan fingerprint density at radius 1 is 1.27 bits per heavy atom. The Hall–Kier alpha value is -2.00. The van der Waals surface area contributed by atoms with E-state index in [1.165, 1.54) is 37.3 Å². The lowest BCUT2D eigenvalue weighted by atomic mass is 10.3. The first kappa shape index (κ1) is 16.4. The number of nitrogens with zero attached hydrogens (tertiary/aromatic N) is 1. The maximum atomic E-state index is 12.2. The fourth-order valence-electron chi connectivity index (χ4n) is 2.01. The molecule has 0 unspecified atom stereocenters. The van der Waals surface area contributed by atoms with Gasteiger partial charge in [0.1, 0.15) is 6.61 Å². The summed E-state index contributed by atoms with van der Waals surface area (Å²) in [5.41, 5.74) is 0. The normalized spacial score (nSPS) is 14.8. The Kier molecular flexibility index (Phi) is 5.09. The molecule has 0 aliphatic carbocycles. The topological polar surface area (TPSA) is 94.2 Å². The fraction of sp³-hybridized carbons (Fsp3) is 0.462. The second-order valence-electron chi connectivity index (χ2n) is 4.52. The molecule has 1 aromatic carbocycles. The summed E-state index contributed by atoms with van der Waals surface area (Å²) in [7, 11) is -0.789. The van der Waals surface area contributed by atoms with Gasteiger partial charge in [-0.3, -0.25) is 0 Å². The first-order chi connectivity index (χ1) is 10.5. The molecule has 1 heterocycles. The molecule has 2 rings (SSSR count). The molecule has 0 spiro atoms. The maximum absolute atomic E-state index is 12.2. The Morgan fingerprint density at radius 3 is 2.59 bits per heavy atom. The number of benzene rings is 1. The molecule has 0 saturated carbocycles. The molecule has 9 heteroatoms. The second kappa shape index (κ2) is 6.84. The van der Waals surface area contributed by atoms with Crippen LogP contribution in [0, 0.1) is 0 Å². The van der Waals surface area contributed by atoms with Crippen molar-refractivity contribution < 1.29 is 27.4 Å². The van der Waals surface area contributed by atoms with Crippen molar-refractivity contribution in [2.24, 2.45) is 0 Å². The van der Waals surface area contributed by atoms with Gasteiger partial charge < -0.3 is 19.1 Å². The van der Waals surface area contributed by atoms with E-state index in [-0.39, 0.29) is 18.0 Å². The fourth-order valence-corrected chi connectivity index (χ4v) is 3.05. The highest BCUT2D eigenvalue weighted by atomic mass is 32.2. The van der Waals surface area contributed by atoms with Gasteiger partial charge in [0.25, 0.3) is 0 Å². The zero-order valence-corrected chi connectivity index (χ0v) is 13.2. The van der Waals surface area contributed by atoms with Gasteiger partial charge in [-0.15, -0.1) is 0 Å². The van der Waals surface area contributed by atoms with Crippen molar-refractivity contribution in [2.45, 2.75) is 4.90 Å². The summed E-state index contributed by atoms with van der Waals surface area (Å²) >= 11 is 0. The standard InChI is InChI=1S/C13H18N2O6S/c1-19-11-4-3-10(9-12(11)20-2)22(17,18)14-5-6-15-7-8-21-13(15)16/h3-4,9,14H,5-8H2,1-2H3. The summed E-state index contributed by atoms with van der Waals surface area (Å²) in [6.07, 6.45) is -0.426. The first-order valence-electron chi connectivity index (χ1n) is 6.61. The number of cyclic esters (lactones) is 1. The van der Waals surface area contributed by atoms with Crippen LogP contribution < -0.4 is 14.2 Å². The Balaban J connectivity index is 2.02. The number of carbonyl (C=O) groups is 1. The smallest absolute Gasteiger partial charge is 0.409 e. The maximum Gasteiger partial charge on any atom is 0.409 e. The number of ether oxygens (including phenoxy) is 3. The van der Waals surface area contributed by atoms with Gasteiger partial charge in [-0.05, 0) is 12.1 Å². The minimum absolute atomic E-state index is 0.0640. The molecular weight excluding hydrogens is 312 g/mol. The van der Waals surface area contributed by atoms with E-state index in [1.807, 2.05) is 0 Å². The number of amides is 1. The summed E-state index contributed by atoms with van der Waals surface area (Å²) in [6.45, 7) is 1.16. The average Bonchev–Trinajstić information content (AvgIpc) is 2.91. The van der Waals surface area contributed by atoms with Crippen molar-refractivity contribution in [2.75, 3.05) is 40.5 Å². The number of hydrogen-bond donors (Lipinski definition) is 1. The molecule has 0 aromatic heterocycles. The molecule has 1 aliphatic rings. The number of nitrogens with one attached hydrogen (secondary N) is 1. The van der Waals surface area contributed by atoms with Gasteiger partial charge in [0, 0.05) is 19.2 Å². The van der Waals surface area contributed by atoms with Crippen LogP contribution in [0.4, 0.5) is 4.79 Å². The highest BCUT2D eigenvalue weighted by Gasteiger charge is 2.22. The van der Waals surface area contributed by atoms with Crippen LogP contribution in [0.5, 0.6) is 11.5 Å². The van der Waals surface area contributed by atoms with Crippen LogP contribution in [-0.4, -0.2) is 59.9 Å². The van der Waals surface area contributed by atoms with E-state index >= 15 is 0 Å². The van der Waals surface area contributed by atoms with E-state index in [0.717, 1.165) is 0 Å². The van der Waals surface area contributed by atoms with E-state index < -0.39 is 16.1 Å². The van der Waals surface area contributed by atoms with Gasteiger partial charge in [0.15, 0.2) is 11.5 Å². The van der Waals surface area contributed by atoms with E-state index in [2.05, 4.69) is 4.72 Å². The summed E-state index contributed by atoms with van der Waals surface area (Å²) in [5.74, 6) is 0.773. The van der Waals surface area contributed by atoms with Crippen molar-refractivity contribution in [3.63, 3.8) is 0 Å². The first-order valence-corrected chi connectivity index (χ1v) is 8.09. The van der Waals surface area contributed by atoms with Crippen LogP contribution in [0.1, 0.15) is 0 Å². The number of sulfonamides is 1. The van der Waals surface area contributed by atoms with Crippen LogP contribution in [-0.2, 0) is 14.8 Å². The number of hydrogen-bond acceptors (Lipinski definition) is 6. The van der Waals surface area contributed by atoms with Gasteiger partial charge in [-0.2, -0.15) is 0 Å². The second-order valence-corrected chi connectivity index (χ2v) is 6.28. The minimum Gasteiger partial charge on any atom is -0.493 e. The van der Waals surface area contributed by atoms with E-state index in [0.29, 0.717) is 24.7 Å². The predicted molar refractivity (Wildman–Crippen MR) is 77.7 cm³/mol. The number of carbonyl (C=O) groups excluding carboxylic acids is 1. The largest absolute Gasteiger partial charge is 0.493 e. The third kappa shape index (κ3) is 3.60.